The number of hydrogen-bond acceptors (Lipinski definition) is 5. The summed E-state index contributed by atoms with van der Waals surface area (Å²) in [5.74, 6) is -0.145. The minimum absolute atomic E-state index is 0.0298. The van der Waals surface area contributed by atoms with Crippen molar-refractivity contribution in [3.8, 4) is 22.6 Å². The molecule has 5 rings (SSSR count). The average Bonchev–Trinajstić information content (AvgIpc) is 3.10. The molecule has 244 valence electrons. The molecule has 0 radical (unpaired) electrons. The Morgan fingerprint density at radius 2 is 1.52 bits per heavy atom. The second-order valence-electron chi connectivity index (χ2n) is 11.2. The predicted molar refractivity (Wildman–Crippen MR) is 186 cm³/mol. The maximum absolute atomic E-state index is 14.0. The summed E-state index contributed by atoms with van der Waals surface area (Å²) in [4.78, 5) is 39.7. The normalized spacial score (nSPS) is 10.6. The molecule has 0 fully saturated rings. The molecule has 3 amide bonds. The molecule has 0 unspecified atom stereocenters. The summed E-state index contributed by atoms with van der Waals surface area (Å²) in [5, 5.41) is 5.51. The van der Waals surface area contributed by atoms with Crippen LogP contribution in [0.15, 0.2) is 121 Å². The van der Waals surface area contributed by atoms with Crippen LogP contribution in [0.2, 0.25) is 0 Å². The fourth-order valence-corrected chi connectivity index (χ4v) is 5.18. The highest BCUT2D eigenvalue weighted by Crippen LogP contribution is 2.34. The van der Waals surface area contributed by atoms with Crippen molar-refractivity contribution >= 4 is 29.1 Å². The smallest absolute Gasteiger partial charge is 0.227 e. The van der Waals surface area contributed by atoms with Gasteiger partial charge in [0.15, 0.2) is 5.75 Å². The lowest BCUT2D eigenvalue weighted by atomic mass is 10.0. The van der Waals surface area contributed by atoms with E-state index in [2.05, 4.69) is 10.6 Å². The number of amides is 3. The van der Waals surface area contributed by atoms with Crippen molar-refractivity contribution in [2.75, 3.05) is 10.2 Å². The Balaban J connectivity index is 1.37. The number of hydrogen-bond donors (Lipinski definition) is 3. The molecule has 0 saturated heterocycles. The average molecular weight is 645 g/mol. The van der Waals surface area contributed by atoms with Gasteiger partial charge < -0.3 is 26.0 Å². The maximum Gasteiger partial charge on any atom is 0.227 e. The second-order valence-corrected chi connectivity index (χ2v) is 11.2. The minimum atomic E-state index is -0.403. The predicted octanol–water partition coefficient (Wildman–Crippen LogP) is 7.33. The van der Waals surface area contributed by atoms with Gasteiger partial charge in [0, 0.05) is 44.1 Å². The quantitative estimate of drug-likeness (QED) is 0.124. The number of carbonyl (C=O) groups excluding carboxylic acids is 3. The van der Waals surface area contributed by atoms with Crippen LogP contribution in [0.1, 0.15) is 36.5 Å². The van der Waals surface area contributed by atoms with Crippen LogP contribution in [0.25, 0.3) is 11.1 Å². The number of anilines is 2. The summed E-state index contributed by atoms with van der Waals surface area (Å²) in [5.41, 5.74) is 11.1. The third-order valence-electron chi connectivity index (χ3n) is 7.63. The molecule has 0 aliphatic rings. The Morgan fingerprint density at radius 3 is 2.29 bits per heavy atom. The highest BCUT2D eigenvalue weighted by molar-refractivity contribution is 5.96. The first-order valence-corrected chi connectivity index (χ1v) is 15.6. The van der Waals surface area contributed by atoms with Crippen LogP contribution in [0.4, 0.5) is 15.8 Å². The highest BCUT2D eigenvalue weighted by Gasteiger charge is 2.22. The van der Waals surface area contributed by atoms with Crippen molar-refractivity contribution in [1.82, 2.24) is 5.32 Å². The van der Waals surface area contributed by atoms with Gasteiger partial charge in [-0.1, -0.05) is 78.9 Å². The van der Waals surface area contributed by atoms with E-state index in [9.17, 15) is 18.8 Å². The molecule has 5 aromatic carbocycles. The van der Waals surface area contributed by atoms with Crippen LogP contribution < -0.4 is 26.0 Å². The number of nitrogens with one attached hydrogen (secondary N) is 2. The lowest BCUT2D eigenvalue weighted by molar-refractivity contribution is -0.125. The molecule has 0 aliphatic heterocycles. The number of halogens is 1. The van der Waals surface area contributed by atoms with Crippen molar-refractivity contribution < 1.29 is 23.5 Å². The fourth-order valence-electron chi connectivity index (χ4n) is 5.18. The summed E-state index contributed by atoms with van der Waals surface area (Å²) in [6.07, 6.45) is -0.150. The van der Waals surface area contributed by atoms with E-state index in [0.29, 0.717) is 35.0 Å². The molecule has 0 aromatic heterocycles. The Morgan fingerprint density at radius 1 is 0.771 bits per heavy atom. The Hall–Kier alpha value is -5.80. The summed E-state index contributed by atoms with van der Waals surface area (Å²) in [6.45, 7) is 2.07. The van der Waals surface area contributed by atoms with Crippen molar-refractivity contribution in [3.05, 3.63) is 144 Å². The molecule has 9 heteroatoms. The lowest BCUT2D eigenvalue weighted by Gasteiger charge is -2.25. The first-order chi connectivity index (χ1) is 23.3. The third kappa shape index (κ3) is 9.14. The van der Waals surface area contributed by atoms with Crippen molar-refractivity contribution in [2.45, 2.75) is 39.4 Å². The van der Waals surface area contributed by atoms with Crippen LogP contribution in [-0.4, -0.2) is 17.7 Å². The van der Waals surface area contributed by atoms with E-state index in [1.807, 2.05) is 84.9 Å². The molecular formula is C39H37FN4O4. The molecule has 48 heavy (non-hydrogen) atoms. The number of carbonyl (C=O) groups is 3. The zero-order valence-corrected chi connectivity index (χ0v) is 26.6. The topological polar surface area (TPSA) is 114 Å². The van der Waals surface area contributed by atoms with Gasteiger partial charge in [0.05, 0.1) is 12.2 Å². The maximum atomic E-state index is 14.0. The molecular weight excluding hydrogens is 607 g/mol. The Bertz CT molecular complexity index is 1890. The van der Waals surface area contributed by atoms with Crippen molar-refractivity contribution in [2.24, 2.45) is 5.73 Å². The number of nitrogens with two attached hydrogens (primary N) is 1. The van der Waals surface area contributed by atoms with E-state index < -0.39 is 5.82 Å². The number of nitrogens with zero attached hydrogens (tertiary/aromatic N) is 1. The standard InChI is InChI=1S/C39H37FN4O4/c1-27(45)43-33-11-7-10-31(23-33)30-18-16-28(17-19-30)26-44(39(47)21-20-38(46)42-25-32-9-2-3-13-35(32)40)36-14-4-5-15-37(36)48-34-12-6-8-29(22-34)24-41/h2-19,22-23H,20-21,24-26,41H2,1H3,(H,42,46)(H,43,45). The molecule has 0 saturated carbocycles. The SMILES string of the molecule is CC(=O)Nc1cccc(-c2ccc(CN(C(=O)CCC(=O)NCc3ccccc3F)c3ccccc3Oc3cccc(CN)c3)cc2)c1. The van der Waals surface area contributed by atoms with Gasteiger partial charge in [-0.2, -0.15) is 0 Å². The van der Waals surface area contributed by atoms with E-state index in [-0.39, 0.29) is 43.7 Å². The van der Waals surface area contributed by atoms with Gasteiger partial charge in [0.2, 0.25) is 17.7 Å². The van der Waals surface area contributed by atoms with Gasteiger partial charge in [0.1, 0.15) is 11.6 Å². The summed E-state index contributed by atoms with van der Waals surface area (Å²) in [7, 11) is 0. The first-order valence-electron chi connectivity index (χ1n) is 15.6. The van der Waals surface area contributed by atoms with Crippen LogP contribution >= 0.6 is 0 Å². The second kappa shape index (κ2) is 16.2. The van der Waals surface area contributed by atoms with Gasteiger partial charge in [-0.25, -0.2) is 4.39 Å². The zero-order chi connectivity index (χ0) is 33.9. The van der Waals surface area contributed by atoms with E-state index in [1.165, 1.54) is 13.0 Å². The Labute approximate surface area is 279 Å². The number of ether oxygens (including phenoxy) is 1. The molecule has 0 aliphatic carbocycles. The third-order valence-corrected chi connectivity index (χ3v) is 7.63. The molecule has 0 spiro atoms. The van der Waals surface area contributed by atoms with E-state index in [1.54, 1.807) is 35.2 Å². The molecule has 5 aromatic rings. The molecule has 8 nitrogen and oxygen atoms in total. The summed E-state index contributed by atoms with van der Waals surface area (Å²) >= 11 is 0. The monoisotopic (exact) mass is 644 g/mol. The Kier molecular flexibility index (Phi) is 11.3. The van der Waals surface area contributed by atoms with E-state index >= 15 is 0 Å². The zero-order valence-electron chi connectivity index (χ0n) is 26.6. The van der Waals surface area contributed by atoms with Gasteiger partial charge in [-0.05, 0) is 64.7 Å². The molecule has 0 bridgehead atoms. The molecule has 4 N–H and O–H groups in total. The summed E-state index contributed by atoms with van der Waals surface area (Å²) in [6, 6.07) is 36.3. The van der Waals surface area contributed by atoms with Gasteiger partial charge >= 0.3 is 0 Å². The molecule has 0 atom stereocenters. The van der Waals surface area contributed by atoms with E-state index in [4.69, 9.17) is 10.5 Å². The van der Waals surface area contributed by atoms with Gasteiger partial charge in [0.25, 0.3) is 0 Å². The summed E-state index contributed by atoms with van der Waals surface area (Å²) < 4.78 is 20.3. The van der Waals surface area contributed by atoms with Crippen molar-refractivity contribution in [1.29, 1.82) is 0 Å². The largest absolute Gasteiger partial charge is 0.455 e. The van der Waals surface area contributed by atoms with Crippen LogP contribution in [0.5, 0.6) is 11.5 Å². The van der Waals surface area contributed by atoms with Gasteiger partial charge in [-0.3, -0.25) is 14.4 Å². The number of para-hydroxylation sites is 2. The van der Waals surface area contributed by atoms with Gasteiger partial charge in [-0.15, -0.1) is 0 Å². The lowest BCUT2D eigenvalue weighted by Crippen LogP contribution is -2.32. The number of benzene rings is 5. The van der Waals surface area contributed by atoms with Crippen molar-refractivity contribution in [3.63, 3.8) is 0 Å². The van der Waals surface area contributed by atoms with Crippen LogP contribution in [0, 0.1) is 5.82 Å². The fraction of sp³-hybridized carbons (Fsp3) is 0.154. The highest BCUT2D eigenvalue weighted by atomic mass is 19.1. The van der Waals surface area contributed by atoms with Crippen LogP contribution in [0.3, 0.4) is 0 Å². The minimum Gasteiger partial charge on any atom is -0.455 e. The van der Waals surface area contributed by atoms with Crippen LogP contribution in [-0.2, 0) is 34.0 Å². The van der Waals surface area contributed by atoms with E-state index in [0.717, 1.165) is 22.3 Å². The molecule has 0 heterocycles. The first kappa shape index (κ1) is 33.6. The number of rotatable bonds is 13.